The molecule has 0 spiro atoms. The van der Waals surface area contributed by atoms with Crippen LogP contribution in [-0.4, -0.2) is 111 Å². The third-order valence-electron chi connectivity index (χ3n) is 15.6. The van der Waals surface area contributed by atoms with Crippen molar-refractivity contribution in [3.05, 3.63) is 119 Å². The molecule has 17 heteroatoms. The molecule has 3 aliphatic carbocycles. The molecule has 7 rings (SSSR count). The van der Waals surface area contributed by atoms with Crippen molar-refractivity contribution in [2.75, 3.05) is 6.61 Å². The van der Waals surface area contributed by atoms with Crippen molar-refractivity contribution in [2.45, 2.75) is 128 Å². The van der Waals surface area contributed by atoms with E-state index in [2.05, 4.69) is 5.32 Å². The summed E-state index contributed by atoms with van der Waals surface area (Å²) >= 11 is 0. The van der Waals surface area contributed by atoms with Gasteiger partial charge in [0.1, 0.15) is 47.3 Å². The molecule has 1 saturated heterocycles. The fourth-order valence-corrected chi connectivity index (χ4v) is 11.9. The van der Waals surface area contributed by atoms with Gasteiger partial charge in [-0.1, -0.05) is 87.5 Å². The molecule has 3 fully saturated rings. The molecule has 1 unspecified atom stereocenters. The number of aliphatic hydroxyl groups excluding tert-OH is 1. The van der Waals surface area contributed by atoms with Gasteiger partial charge in [-0.05, 0) is 73.6 Å². The predicted molar refractivity (Wildman–Crippen MR) is 253 cm³/mol. The largest absolute Gasteiger partial charge is 0.480 e. The average molecular weight is 979 g/mol. The quantitative estimate of drug-likeness (QED) is 0.0690. The number of benzene rings is 3. The zero-order valence-electron chi connectivity index (χ0n) is 40.6. The molecule has 71 heavy (non-hydrogen) atoms. The first-order chi connectivity index (χ1) is 33.5. The van der Waals surface area contributed by atoms with Gasteiger partial charge in [-0.15, -0.1) is 0 Å². The number of aliphatic carboxylic acids is 1. The lowest BCUT2D eigenvalue weighted by molar-refractivity contribution is -0.341. The van der Waals surface area contributed by atoms with Crippen LogP contribution in [0.1, 0.15) is 112 Å². The molecule has 3 aromatic carbocycles. The number of carboxylic acid groups (broad SMARTS) is 1. The second-order valence-electron chi connectivity index (χ2n) is 20.2. The van der Waals surface area contributed by atoms with Crippen molar-refractivity contribution in [2.24, 2.45) is 34.3 Å². The highest BCUT2D eigenvalue weighted by Gasteiger charge is 2.78. The number of carboxylic acids is 1. The van der Waals surface area contributed by atoms with Gasteiger partial charge in [-0.2, -0.15) is 0 Å². The van der Waals surface area contributed by atoms with E-state index in [9.17, 15) is 48.9 Å². The van der Waals surface area contributed by atoms with Crippen molar-refractivity contribution in [1.29, 1.82) is 0 Å². The molecule has 0 aromatic heterocycles. The molecule has 2 saturated carbocycles. The minimum atomic E-state index is -2.39. The summed E-state index contributed by atoms with van der Waals surface area (Å²) in [5, 5.41) is 38.2. The summed E-state index contributed by atoms with van der Waals surface area (Å²) in [5.74, 6) is -10.3. The van der Waals surface area contributed by atoms with Crippen LogP contribution in [0.5, 0.6) is 0 Å². The van der Waals surface area contributed by atoms with Gasteiger partial charge in [0.15, 0.2) is 11.7 Å². The van der Waals surface area contributed by atoms with E-state index in [4.69, 9.17) is 24.7 Å². The zero-order valence-corrected chi connectivity index (χ0v) is 40.6. The van der Waals surface area contributed by atoms with Crippen LogP contribution in [0.3, 0.4) is 0 Å². The number of esters is 3. The van der Waals surface area contributed by atoms with Gasteiger partial charge in [-0.3, -0.25) is 28.8 Å². The molecule has 4 aliphatic rings. The summed E-state index contributed by atoms with van der Waals surface area (Å²) in [5.41, 5.74) is -0.810. The van der Waals surface area contributed by atoms with Crippen LogP contribution < -0.4 is 11.1 Å². The van der Waals surface area contributed by atoms with Gasteiger partial charge in [0.2, 0.25) is 0 Å². The SMILES string of the molecule is CC(=O)C[C@H]1C(=O)[C@]2(C)[C@@H](CC(=O)CCC(N)C(=O)O)C[C@H]3OC[C@@]3(OC(C)=O)[C@H]2[C@H](OC(=O)c2ccccc2)[C@]2(O)C[C@H](OC(=O)[C@H](O)[C@@H](NC(=O)c3ccccc3)c3ccccc3)C(C)=C1C2(C)C. The van der Waals surface area contributed by atoms with Gasteiger partial charge in [-0.25, -0.2) is 9.59 Å². The molecule has 12 atom stereocenters. The number of nitrogens with one attached hydrogen (secondary N) is 1. The van der Waals surface area contributed by atoms with Crippen molar-refractivity contribution in [3.63, 3.8) is 0 Å². The molecular weight excluding hydrogens is 917 g/mol. The molecule has 1 amide bonds. The Morgan fingerprint density at radius 2 is 1.45 bits per heavy atom. The van der Waals surface area contributed by atoms with Gasteiger partial charge in [0.25, 0.3) is 5.91 Å². The number of carbonyl (C=O) groups is 8. The Morgan fingerprint density at radius 3 is 2.00 bits per heavy atom. The van der Waals surface area contributed by atoms with Crippen molar-refractivity contribution < 1.29 is 72.6 Å². The molecule has 2 bridgehead atoms. The number of Topliss-reactive ketones (excluding diaryl/α,β-unsaturated/α-hetero) is 3. The van der Waals surface area contributed by atoms with E-state index < -0.39 is 136 Å². The minimum Gasteiger partial charge on any atom is -0.480 e. The second-order valence-corrected chi connectivity index (χ2v) is 20.2. The van der Waals surface area contributed by atoms with Crippen LogP contribution in [0.25, 0.3) is 0 Å². The maximum atomic E-state index is 16.3. The maximum Gasteiger partial charge on any atom is 0.338 e. The van der Waals surface area contributed by atoms with E-state index in [0.29, 0.717) is 5.56 Å². The summed E-state index contributed by atoms with van der Waals surface area (Å²) in [7, 11) is 0. The first-order valence-corrected chi connectivity index (χ1v) is 23.8. The summed E-state index contributed by atoms with van der Waals surface area (Å²) < 4.78 is 25.2. The molecule has 6 N–H and O–H groups in total. The number of carbonyl (C=O) groups excluding carboxylic acids is 7. The van der Waals surface area contributed by atoms with Crippen molar-refractivity contribution in [3.8, 4) is 0 Å². The number of amides is 1. The van der Waals surface area contributed by atoms with Gasteiger partial charge >= 0.3 is 23.9 Å². The van der Waals surface area contributed by atoms with Crippen molar-refractivity contribution >= 4 is 47.1 Å². The van der Waals surface area contributed by atoms with E-state index >= 15 is 4.79 Å². The lowest BCUT2D eigenvalue weighted by atomic mass is 9.41. The number of hydrogen-bond donors (Lipinski definition) is 5. The Kier molecular flexibility index (Phi) is 15.0. The van der Waals surface area contributed by atoms with E-state index in [1.54, 1.807) is 107 Å². The fourth-order valence-electron chi connectivity index (χ4n) is 11.9. The van der Waals surface area contributed by atoms with E-state index in [-0.39, 0.29) is 54.6 Å². The number of fused-ring (bicyclic) bond motifs is 5. The highest BCUT2D eigenvalue weighted by Crippen LogP contribution is 2.67. The van der Waals surface area contributed by atoms with Gasteiger partial charge in [0.05, 0.1) is 24.1 Å². The molecule has 1 heterocycles. The summed E-state index contributed by atoms with van der Waals surface area (Å²) in [6.07, 6.45) is -8.22. The second kappa shape index (κ2) is 20.4. The van der Waals surface area contributed by atoms with Crippen molar-refractivity contribution in [1.82, 2.24) is 5.32 Å². The maximum absolute atomic E-state index is 16.3. The normalized spacial score (nSPS) is 29.7. The van der Waals surface area contributed by atoms with Crippen LogP contribution >= 0.6 is 0 Å². The highest BCUT2D eigenvalue weighted by molar-refractivity contribution is 5.96. The topological polar surface area (TPSA) is 272 Å². The van der Waals surface area contributed by atoms with Crippen LogP contribution in [0.15, 0.2) is 102 Å². The summed E-state index contributed by atoms with van der Waals surface area (Å²) in [4.78, 5) is 111. The Hall–Kier alpha value is -6.40. The smallest absolute Gasteiger partial charge is 0.338 e. The van der Waals surface area contributed by atoms with Crippen LogP contribution in [0.2, 0.25) is 0 Å². The zero-order chi connectivity index (χ0) is 51.8. The monoisotopic (exact) mass is 978 g/mol. The Labute approximate surface area is 411 Å². The molecule has 378 valence electrons. The summed E-state index contributed by atoms with van der Waals surface area (Å²) in [6.45, 7) is 8.52. The fraction of sp³-hybridized carbons (Fsp3) is 0.481. The molecule has 1 aliphatic heterocycles. The first-order valence-electron chi connectivity index (χ1n) is 23.8. The predicted octanol–water partition coefficient (Wildman–Crippen LogP) is 4.81. The third kappa shape index (κ3) is 9.72. The average Bonchev–Trinajstić information content (AvgIpc) is 3.33. The number of hydrogen-bond acceptors (Lipinski definition) is 15. The Bertz CT molecular complexity index is 2600. The van der Waals surface area contributed by atoms with E-state index in [1.807, 2.05) is 0 Å². The number of ether oxygens (including phenoxy) is 4. The number of nitrogens with two attached hydrogens (primary N) is 1. The van der Waals surface area contributed by atoms with Crippen LogP contribution in [0.4, 0.5) is 0 Å². The molecule has 0 radical (unpaired) electrons. The number of ketones is 3. The number of rotatable bonds is 17. The minimum absolute atomic E-state index is 0.0454. The Balaban J connectivity index is 1.41. The highest BCUT2D eigenvalue weighted by atomic mass is 16.6. The van der Waals surface area contributed by atoms with E-state index in [0.717, 1.165) is 6.92 Å². The number of aliphatic hydroxyl groups is 2. The standard InChI is InChI=1S/C54H62N2O15/c1-29(57)24-37-41-30(2)39(69-50(66)43(60)42(32-16-10-7-11-17-32)56-47(62)33-18-12-8-13-19-33)27-54(67,51(41,4)5)46(70-49(65)34-20-14-9-15-21-34)44-52(6,45(37)61)35(25-36(59)22-23-38(55)48(63)64)26-40-53(44,28-68-40)71-31(3)58/h7-21,35,37-40,42-44,46,60,67H,22-28,55H2,1-6H3,(H,56,62)(H,63,64)/t35-,37+,38?,39-,40+,42-,43+,44-,46-,52+,53-,54+/m0/s1. The molecule has 3 aromatic rings. The van der Waals surface area contributed by atoms with Gasteiger partial charge in [0, 0.05) is 54.9 Å². The summed E-state index contributed by atoms with van der Waals surface area (Å²) in [6, 6.07) is 21.5. The molecular formula is C54H62N2O15. The molecule has 17 nitrogen and oxygen atoms in total. The lowest BCUT2D eigenvalue weighted by Gasteiger charge is -2.68. The van der Waals surface area contributed by atoms with E-state index in [1.165, 1.54) is 19.1 Å². The Morgan fingerprint density at radius 1 is 0.859 bits per heavy atom. The first kappa shape index (κ1) is 52.4. The van der Waals surface area contributed by atoms with Crippen LogP contribution in [-0.2, 0) is 47.7 Å². The van der Waals surface area contributed by atoms with Gasteiger partial charge < -0.3 is 45.3 Å². The third-order valence-corrected chi connectivity index (χ3v) is 15.6. The van der Waals surface area contributed by atoms with Crippen LogP contribution in [0, 0.1) is 28.6 Å². The lowest BCUT2D eigenvalue weighted by Crippen LogP contribution is -2.80.